The average Bonchev–Trinajstić information content (AvgIpc) is 3.26. The standard InChI is InChI=1S/C18H15F3N2O4/c1-26-13(24)9-23-17-14(10-3-2-4-12(7-10)18(19,20)21)15(25)16(27-17)11-5-6-22-8-11/h2-7,16,23H,8-9H2,1H3. The van der Waals surface area contributed by atoms with Crippen molar-refractivity contribution in [1.82, 2.24) is 5.32 Å². The van der Waals surface area contributed by atoms with E-state index in [4.69, 9.17) is 4.74 Å². The van der Waals surface area contributed by atoms with E-state index in [1.807, 2.05) is 0 Å². The fourth-order valence-corrected chi connectivity index (χ4v) is 2.73. The Morgan fingerprint density at radius 2 is 2.19 bits per heavy atom. The fraction of sp³-hybridized carbons (Fsp3) is 0.278. The summed E-state index contributed by atoms with van der Waals surface area (Å²) in [7, 11) is 1.19. The van der Waals surface area contributed by atoms with Crippen LogP contribution in [0, 0.1) is 0 Å². The molecular formula is C18H15F3N2O4. The molecule has 0 spiro atoms. The van der Waals surface area contributed by atoms with E-state index in [-0.39, 0.29) is 30.1 Å². The molecule has 3 rings (SSSR count). The molecule has 6 nitrogen and oxygen atoms in total. The molecule has 2 aliphatic rings. The van der Waals surface area contributed by atoms with Gasteiger partial charge in [-0.3, -0.25) is 14.6 Å². The number of halogens is 3. The molecule has 1 N–H and O–H groups in total. The lowest BCUT2D eigenvalue weighted by Crippen LogP contribution is -2.26. The lowest BCUT2D eigenvalue weighted by molar-refractivity contribution is -0.139. The number of hydrogen-bond donors (Lipinski definition) is 1. The molecule has 2 heterocycles. The summed E-state index contributed by atoms with van der Waals surface area (Å²) in [5.74, 6) is -1.19. The van der Waals surface area contributed by atoms with Crippen molar-refractivity contribution in [3.05, 3.63) is 52.9 Å². The van der Waals surface area contributed by atoms with Crippen LogP contribution in [-0.4, -0.2) is 44.3 Å². The molecule has 0 saturated heterocycles. The molecule has 1 aromatic rings. The van der Waals surface area contributed by atoms with Crippen molar-refractivity contribution in [3.8, 4) is 0 Å². The van der Waals surface area contributed by atoms with Crippen molar-refractivity contribution in [1.29, 1.82) is 0 Å². The molecule has 0 aliphatic carbocycles. The minimum Gasteiger partial charge on any atom is -0.468 e. The quantitative estimate of drug-likeness (QED) is 0.792. The molecular weight excluding hydrogens is 365 g/mol. The summed E-state index contributed by atoms with van der Waals surface area (Å²) in [5, 5.41) is 2.64. The smallest absolute Gasteiger partial charge is 0.416 e. The minimum absolute atomic E-state index is 0.0456. The molecule has 1 aromatic carbocycles. The van der Waals surface area contributed by atoms with Gasteiger partial charge in [0.1, 0.15) is 6.54 Å². The van der Waals surface area contributed by atoms with Crippen LogP contribution in [-0.2, 0) is 25.2 Å². The summed E-state index contributed by atoms with van der Waals surface area (Å²) in [6.45, 7) is -0.0413. The van der Waals surface area contributed by atoms with Crippen molar-refractivity contribution < 1.29 is 32.2 Å². The molecule has 27 heavy (non-hydrogen) atoms. The Bertz CT molecular complexity index is 872. The fourth-order valence-electron chi connectivity index (χ4n) is 2.73. The van der Waals surface area contributed by atoms with E-state index in [1.165, 1.54) is 25.5 Å². The number of allylic oxidation sites excluding steroid dienone is 1. The van der Waals surface area contributed by atoms with E-state index < -0.39 is 29.6 Å². The third kappa shape index (κ3) is 3.86. The van der Waals surface area contributed by atoms with Crippen molar-refractivity contribution >= 4 is 23.5 Å². The number of carbonyl (C=O) groups excluding carboxylic acids is 2. The summed E-state index contributed by atoms with van der Waals surface area (Å²) in [6.07, 6.45) is -2.41. The molecule has 0 saturated carbocycles. The number of aliphatic imine (C=N–C) groups is 1. The Labute approximate surface area is 152 Å². The van der Waals surface area contributed by atoms with E-state index in [2.05, 4.69) is 15.0 Å². The summed E-state index contributed by atoms with van der Waals surface area (Å²) in [5.41, 5.74) is -0.314. The first-order valence-electron chi connectivity index (χ1n) is 7.93. The number of Topliss-reactive ketones (excluding diaryl/α,β-unsaturated/α-hetero) is 1. The number of ether oxygens (including phenoxy) is 2. The number of esters is 1. The van der Waals surface area contributed by atoms with E-state index in [9.17, 15) is 22.8 Å². The minimum atomic E-state index is -4.56. The number of alkyl halides is 3. The SMILES string of the molecule is COC(=O)CNC1=C(c2cccc(C(F)(F)F)c2)C(=O)C(C2=CC=NC2)O1. The van der Waals surface area contributed by atoms with Crippen LogP contribution in [0.4, 0.5) is 13.2 Å². The summed E-state index contributed by atoms with van der Waals surface area (Å²) in [6, 6.07) is 4.38. The Balaban J connectivity index is 1.97. The van der Waals surface area contributed by atoms with Crippen molar-refractivity contribution in [2.24, 2.45) is 4.99 Å². The van der Waals surface area contributed by atoms with Gasteiger partial charge in [-0.2, -0.15) is 13.2 Å². The second-order valence-electron chi connectivity index (χ2n) is 5.81. The monoisotopic (exact) mass is 380 g/mol. The van der Waals surface area contributed by atoms with Crippen LogP contribution in [0.25, 0.3) is 5.57 Å². The van der Waals surface area contributed by atoms with Crippen LogP contribution in [0.5, 0.6) is 0 Å². The molecule has 1 unspecified atom stereocenters. The number of nitrogens with one attached hydrogen (secondary N) is 1. The summed E-state index contributed by atoms with van der Waals surface area (Å²) >= 11 is 0. The molecule has 1 atom stereocenters. The van der Waals surface area contributed by atoms with Gasteiger partial charge < -0.3 is 14.8 Å². The van der Waals surface area contributed by atoms with E-state index in [1.54, 1.807) is 6.08 Å². The highest BCUT2D eigenvalue weighted by Gasteiger charge is 2.40. The Morgan fingerprint density at radius 3 is 2.81 bits per heavy atom. The third-order valence-electron chi connectivity index (χ3n) is 4.05. The molecule has 0 radical (unpaired) electrons. The van der Waals surface area contributed by atoms with Gasteiger partial charge in [0.25, 0.3) is 0 Å². The normalized spacial score (nSPS) is 19.2. The van der Waals surface area contributed by atoms with Gasteiger partial charge in [-0.15, -0.1) is 0 Å². The number of hydrogen-bond acceptors (Lipinski definition) is 6. The first-order valence-corrected chi connectivity index (χ1v) is 7.93. The van der Waals surface area contributed by atoms with Gasteiger partial charge in [0, 0.05) is 11.8 Å². The van der Waals surface area contributed by atoms with E-state index >= 15 is 0 Å². The third-order valence-corrected chi connectivity index (χ3v) is 4.05. The second-order valence-corrected chi connectivity index (χ2v) is 5.81. The largest absolute Gasteiger partial charge is 0.468 e. The highest BCUT2D eigenvalue weighted by Crippen LogP contribution is 2.36. The maximum atomic E-state index is 13.0. The number of ketones is 1. The van der Waals surface area contributed by atoms with Gasteiger partial charge >= 0.3 is 12.1 Å². The predicted molar refractivity (Wildman–Crippen MR) is 89.7 cm³/mol. The van der Waals surface area contributed by atoms with Crippen molar-refractivity contribution in [2.75, 3.05) is 20.2 Å². The summed E-state index contributed by atoms with van der Waals surface area (Å²) < 4.78 is 49.3. The molecule has 9 heteroatoms. The van der Waals surface area contributed by atoms with Crippen molar-refractivity contribution in [3.63, 3.8) is 0 Å². The van der Waals surface area contributed by atoms with Crippen LogP contribution >= 0.6 is 0 Å². The number of methoxy groups -OCH3 is 1. The first kappa shape index (κ1) is 18.7. The lowest BCUT2D eigenvalue weighted by Gasteiger charge is -2.12. The van der Waals surface area contributed by atoms with Gasteiger partial charge in [-0.25, -0.2) is 0 Å². The molecule has 0 amide bonds. The molecule has 0 bridgehead atoms. The molecule has 2 aliphatic heterocycles. The first-order chi connectivity index (χ1) is 12.8. The zero-order chi connectivity index (χ0) is 19.6. The molecule has 0 fully saturated rings. The highest BCUT2D eigenvalue weighted by atomic mass is 19.4. The van der Waals surface area contributed by atoms with Gasteiger partial charge in [-0.05, 0) is 23.8 Å². The Hall–Kier alpha value is -3.10. The van der Waals surface area contributed by atoms with Gasteiger partial charge in [0.15, 0.2) is 12.0 Å². The zero-order valence-corrected chi connectivity index (χ0v) is 14.2. The molecule has 0 aromatic heterocycles. The van der Waals surface area contributed by atoms with E-state index in [0.29, 0.717) is 5.57 Å². The number of carbonyl (C=O) groups is 2. The Kier molecular flexibility index (Phi) is 5.02. The highest BCUT2D eigenvalue weighted by molar-refractivity contribution is 6.26. The van der Waals surface area contributed by atoms with Crippen molar-refractivity contribution in [2.45, 2.75) is 12.3 Å². The topological polar surface area (TPSA) is 77.0 Å². The zero-order valence-electron chi connectivity index (χ0n) is 14.2. The van der Waals surface area contributed by atoms with Crippen LogP contribution < -0.4 is 5.32 Å². The number of nitrogens with zero attached hydrogens (tertiary/aromatic N) is 1. The summed E-state index contributed by atoms with van der Waals surface area (Å²) in [4.78, 5) is 28.2. The average molecular weight is 380 g/mol. The predicted octanol–water partition coefficient (Wildman–Crippen LogP) is 2.12. The van der Waals surface area contributed by atoms with E-state index in [0.717, 1.165) is 12.1 Å². The number of benzene rings is 1. The maximum Gasteiger partial charge on any atom is 0.416 e. The van der Waals surface area contributed by atoms with Crippen LogP contribution in [0.15, 0.2) is 46.8 Å². The maximum absolute atomic E-state index is 13.0. The van der Waals surface area contributed by atoms with Gasteiger partial charge in [-0.1, -0.05) is 12.1 Å². The van der Waals surface area contributed by atoms with Gasteiger partial charge in [0.05, 0.1) is 24.8 Å². The van der Waals surface area contributed by atoms with Crippen LogP contribution in [0.2, 0.25) is 0 Å². The molecule has 142 valence electrons. The second kappa shape index (κ2) is 7.26. The lowest BCUT2D eigenvalue weighted by atomic mass is 9.96. The van der Waals surface area contributed by atoms with Gasteiger partial charge in [0.2, 0.25) is 5.78 Å². The number of rotatable bonds is 5. The Morgan fingerprint density at radius 1 is 1.41 bits per heavy atom. The van der Waals surface area contributed by atoms with Crippen LogP contribution in [0.1, 0.15) is 11.1 Å². The van der Waals surface area contributed by atoms with Crippen LogP contribution in [0.3, 0.4) is 0 Å².